The molecule has 0 saturated heterocycles. The first-order chi connectivity index (χ1) is 6.43. The fourth-order valence-electron chi connectivity index (χ4n) is 0.654. The van der Waals surface area contributed by atoms with Crippen molar-refractivity contribution in [2.45, 2.75) is 52.3 Å². The van der Waals surface area contributed by atoms with Crippen molar-refractivity contribution in [2.24, 2.45) is 10.2 Å². The number of hydrogen-bond donors (Lipinski definition) is 1. The minimum absolute atomic E-state index is 0.0956. The molecule has 0 aliphatic carbocycles. The monoisotopic (exact) mass is 202 g/mol. The van der Waals surface area contributed by atoms with Gasteiger partial charge in [-0.15, -0.1) is 5.11 Å². The quantitative estimate of drug-likeness (QED) is 0.550. The van der Waals surface area contributed by atoms with Crippen molar-refractivity contribution in [1.29, 1.82) is 0 Å². The van der Waals surface area contributed by atoms with E-state index in [9.17, 15) is 4.79 Å². The van der Waals surface area contributed by atoms with Gasteiger partial charge in [-0.2, -0.15) is 5.11 Å². The van der Waals surface area contributed by atoms with Gasteiger partial charge in [-0.05, 0) is 20.3 Å². The molecular formula is C9H18N2O3. The summed E-state index contributed by atoms with van der Waals surface area (Å²) in [6.07, 6.45) is 0.0211. The molecule has 1 N–H and O–H groups in total. The van der Waals surface area contributed by atoms with E-state index in [2.05, 4.69) is 15.0 Å². The summed E-state index contributed by atoms with van der Waals surface area (Å²) in [5.74, 6) is 0. The van der Waals surface area contributed by atoms with Crippen LogP contribution in [0, 0.1) is 0 Å². The molecule has 0 radical (unpaired) electrons. The molecule has 0 aliphatic rings. The minimum atomic E-state index is -1.32. The van der Waals surface area contributed by atoms with Gasteiger partial charge in [0, 0.05) is 6.42 Å². The van der Waals surface area contributed by atoms with Gasteiger partial charge in [0.2, 0.25) is 5.72 Å². The van der Waals surface area contributed by atoms with Crippen LogP contribution in [0.15, 0.2) is 10.2 Å². The Morgan fingerprint density at radius 3 is 2.50 bits per heavy atom. The third-order valence-corrected chi connectivity index (χ3v) is 2.02. The van der Waals surface area contributed by atoms with Crippen molar-refractivity contribution >= 4 is 6.16 Å². The molecule has 0 bridgehead atoms. The molecule has 0 aliphatic heterocycles. The molecule has 0 aromatic rings. The average molecular weight is 202 g/mol. The summed E-state index contributed by atoms with van der Waals surface area (Å²) in [6, 6.07) is 0.0956. The predicted octanol–water partition coefficient (Wildman–Crippen LogP) is 3.06. The van der Waals surface area contributed by atoms with E-state index in [1.807, 2.05) is 13.8 Å². The van der Waals surface area contributed by atoms with Crippen LogP contribution in [0.1, 0.15) is 40.5 Å². The van der Waals surface area contributed by atoms with Gasteiger partial charge in [-0.1, -0.05) is 13.8 Å². The molecule has 0 fully saturated rings. The van der Waals surface area contributed by atoms with Crippen molar-refractivity contribution in [3.8, 4) is 0 Å². The molecule has 0 amide bonds. The SMILES string of the molecule is CCC(C)N=NC(C)(CC)OC(=O)O. The molecule has 0 aromatic heterocycles. The molecule has 0 aromatic carbocycles. The van der Waals surface area contributed by atoms with Gasteiger partial charge in [0.25, 0.3) is 0 Å². The number of azo groups is 1. The summed E-state index contributed by atoms with van der Waals surface area (Å²) in [5.41, 5.74) is -1.05. The van der Waals surface area contributed by atoms with Crippen LogP contribution in [0.3, 0.4) is 0 Å². The molecule has 0 spiro atoms. The van der Waals surface area contributed by atoms with Crippen molar-refractivity contribution in [2.75, 3.05) is 0 Å². The Morgan fingerprint density at radius 2 is 2.14 bits per heavy atom. The van der Waals surface area contributed by atoms with Crippen LogP contribution in [0.4, 0.5) is 4.79 Å². The van der Waals surface area contributed by atoms with Crippen LogP contribution in [-0.2, 0) is 4.74 Å². The molecule has 14 heavy (non-hydrogen) atoms. The van der Waals surface area contributed by atoms with Crippen LogP contribution in [0.5, 0.6) is 0 Å². The highest BCUT2D eigenvalue weighted by atomic mass is 16.7. The average Bonchev–Trinajstić information content (AvgIpc) is 2.13. The van der Waals surface area contributed by atoms with Gasteiger partial charge >= 0.3 is 6.16 Å². The standard InChI is InChI=1S/C9H18N2O3/c1-5-7(3)10-11-9(4,6-2)14-8(12)13/h7H,5-6H2,1-4H3,(H,12,13). The Bertz CT molecular complexity index is 218. The van der Waals surface area contributed by atoms with E-state index in [4.69, 9.17) is 5.11 Å². The van der Waals surface area contributed by atoms with Crippen molar-refractivity contribution in [3.63, 3.8) is 0 Å². The maximum atomic E-state index is 10.4. The van der Waals surface area contributed by atoms with Crippen LogP contribution in [-0.4, -0.2) is 23.0 Å². The van der Waals surface area contributed by atoms with E-state index in [1.165, 1.54) is 0 Å². The largest absolute Gasteiger partial charge is 0.508 e. The number of rotatable bonds is 5. The highest BCUT2D eigenvalue weighted by Crippen LogP contribution is 2.18. The first-order valence-electron chi connectivity index (χ1n) is 4.77. The van der Waals surface area contributed by atoms with Crippen LogP contribution in [0.25, 0.3) is 0 Å². The fraction of sp³-hybridized carbons (Fsp3) is 0.889. The zero-order chi connectivity index (χ0) is 11.2. The zero-order valence-corrected chi connectivity index (χ0v) is 9.15. The van der Waals surface area contributed by atoms with E-state index in [-0.39, 0.29) is 6.04 Å². The van der Waals surface area contributed by atoms with Gasteiger partial charge in [0.05, 0.1) is 6.04 Å². The molecule has 5 heteroatoms. The summed E-state index contributed by atoms with van der Waals surface area (Å²) in [7, 11) is 0. The zero-order valence-electron chi connectivity index (χ0n) is 9.15. The second kappa shape index (κ2) is 5.57. The van der Waals surface area contributed by atoms with E-state index in [0.717, 1.165) is 6.42 Å². The number of carbonyl (C=O) groups is 1. The van der Waals surface area contributed by atoms with E-state index in [0.29, 0.717) is 6.42 Å². The lowest BCUT2D eigenvalue weighted by atomic mass is 10.2. The lowest BCUT2D eigenvalue weighted by molar-refractivity contribution is -0.00956. The van der Waals surface area contributed by atoms with Crippen LogP contribution in [0.2, 0.25) is 0 Å². The summed E-state index contributed by atoms with van der Waals surface area (Å²) in [4.78, 5) is 10.4. The normalized spacial score (nSPS) is 17.7. The van der Waals surface area contributed by atoms with Gasteiger partial charge in [-0.25, -0.2) is 4.79 Å². The van der Waals surface area contributed by atoms with Crippen molar-refractivity contribution < 1.29 is 14.6 Å². The molecule has 0 heterocycles. The summed E-state index contributed by atoms with van der Waals surface area (Å²) in [5, 5.41) is 16.4. The first-order valence-corrected chi connectivity index (χ1v) is 4.77. The molecule has 5 nitrogen and oxygen atoms in total. The highest BCUT2D eigenvalue weighted by molar-refractivity contribution is 5.57. The molecule has 2 unspecified atom stereocenters. The van der Waals surface area contributed by atoms with E-state index >= 15 is 0 Å². The van der Waals surface area contributed by atoms with Gasteiger partial charge < -0.3 is 9.84 Å². The Balaban J connectivity index is 4.38. The second-order valence-electron chi connectivity index (χ2n) is 3.37. The minimum Gasteiger partial charge on any atom is -0.450 e. The third-order valence-electron chi connectivity index (χ3n) is 2.02. The fourth-order valence-corrected chi connectivity index (χ4v) is 0.654. The lowest BCUT2D eigenvalue weighted by Crippen LogP contribution is -2.27. The van der Waals surface area contributed by atoms with Crippen LogP contribution >= 0.6 is 0 Å². The Hall–Kier alpha value is -1.13. The summed E-state index contributed by atoms with van der Waals surface area (Å²) < 4.78 is 4.64. The van der Waals surface area contributed by atoms with Crippen molar-refractivity contribution in [3.05, 3.63) is 0 Å². The van der Waals surface area contributed by atoms with Crippen LogP contribution < -0.4 is 0 Å². The molecular weight excluding hydrogens is 184 g/mol. The molecule has 2 atom stereocenters. The van der Waals surface area contributed by atoms with Gasteiger partial charge in [0.1, 0.15) is 0 Å². The Kier molecular flexibility index (Phi) is 5.12. The third kappa shape index (κ3) is 4.79. The van der Waals surface area contributed by atoms with E-state index < -0.39 is 11.9 Å². The number of ether oxygens (including phenoxy) is 1. The van der Waals surface area contributed by atoms with Gasteiger partial charge in [0.15, 0.2) is 0 Å². The summed E-state index contributed by atoms with van der Waals surface area (Å²) >= 11 is 0. The number of carboxylic acid groups (broad SMARTS) is 1. The lowest BCUT2D eigenvalue weighted by Gasteiger charge is -2.20. The Labute approximate surface area is 84.2 Å². The predicted molar refractivity (Wildman–Crippen MR) is 52.4 cm³/mol. The smallest absolute Gasteiger partial charge is 0.450 e. The van der Waals surface area contributed by atoms with E-state index in [1.54, 1.807) is 13.8 Å². The molecule has 0 rings (SSSR count). The number of nitrogens with zero attached hydrogens (tertiary/aromatic N) is 2. The summed E-state index contributed by atoms with van der Waals surface area (Å²) in [6.45, 7) is 7.32. The Morgan fingerprint density at radius 1 is 1.57 bits per heavy atom. The maximum absolute atomic E-state index is 10.4. The first kappa shape index (κ1) is 12.9. The van der Waals surface area contributed by atoms with Gasteiger partial charge in [-0.3, -0.25) is 0 Å². The molecule has 0 saturated carbocycles. The maximum Gasteiger partial charge on any atom is 0.508 e. The molecule has 82 valence electrons. The second-order valence-corrected chi connectivity index (χ2v) is 3.37. The number of hydrogen-bond acceptors (Lipinski definition) is 4. The highest BCUT2D eigenvalue weighted by Gasteiger charge is 2.26. The topological polar surface area (TPSA) is 71.2 Å². The van der Waals surface area contributed by atoms with Crippen molar-refractivity contribution in [1.82, 2.24) is 0 Å².